The second-order valence-corrected chi connectivity index (χ2v) is 18.4. The molecule has 2 aliphatic rings. The van der Waals surface area contributed by atoms with Gasteiger partial charge in [-0.05, 0) is 51.4 Å². The summed E-state index contributed by atoms with van der Waals surface area (Å²) in [5, 5.41) is 78.4. The van der Waals surface area contributed by atoms with Crippen molar-refractivity contribution in [2.75, 3.05) is 13.2 Å². The molecule has 12 atom stereocenters. The lowest BCUT2D eigenvalue weighted by Gasteiger charge is -2.37. The van der Waals surface area contributed by atoms with Crippen molar-refractivity contribution in [3.05, 3.63) is 24.3 Å². The van der Waals surface area contributed by atoms with Gasteiger partial charge < -0.3 is 50.1 Å². The molecule has 1 aliphatic carbocycles. The number of phosphoric ester groups is 1. The Kier molecular flexibility index (Phi) is 28.7. The third kappa shape index (κ3) is 22.2. The summed E-state index contributed by atoms with van der Waals surface area (Å²) in [5.74, 6) is -4.97. The summed E-state index contributed by atoms with van der Waals surface area (Å²) in [6, 6.07) is 0. The van der Waals surface area contributed by atoms with Crippen molar-refractivity contribution >= 4 is 25.5 Å². The molecule has 0 spiro atoms. The number of ether oxygens (including phenoxy) is 2. The quantitative estimate of drug-likeness (QED) is 0.0309. The predicted molar refractivity (Wildman–Crippen MR) is 231 cm³/mol. The highest BCUT2D eigenvalue weighted by Crippen LogP contribution is 2.47. The van der Waals surface area contributed by atoms with Gasteiger partial charge in [-0.3, -0.25) is 23.4 Å². The van der Waals surface area contributed by atoms with Gasteiger partial charge in [0.05, 0.1) is 36.9 Å². The lowest BCUT2D eigenvalue weighted by molar-refractivity contribution is -0.167. The highest BCUT2D eigenvalue weighted by atomic mass is 31.2. The van der Waals surface area contributed by atoms with E-state index in [4.69, 9.17) is 18.5 Å². The number of cyclic esters (lactones) is 1. The normalized spacial score (nSPS) is 32.0. The van der Waals surface area contributed by atoms with E-state index < -0.39 is 112 Å². The number of aliphatic hydroxyl groups excluding tert-OH is 7. The first-order valence-electron chi connectivity index (χ1n) is 23.2. The van der Waals surface area contributed by atoms with Gasteiger partial charge in [-0.2, -0.15) is 0 Å². The summed E-state index contributed by atoms with van der Waals surface area (Å²) >= 11 is 0. The first kappa shape index (κ1) is 56.1. The second-order valence-electron chi connectivity index (χ2n) is 17.0. The number of phosphoric acid groups is 1. The van der Waals surface area contributed by atoms with Crippen LogP contribution >= 0.6 is 7.82 Å². The van der Waals surface area contributed by atoms with Crippen molar-refractivity contribution in [2.24, 2.45) is 11.8 Å². The Morgan fingerprint density at radius 3 is 2.10 bits per heavy atom. The number of allylic oxidation sites excluding steroid dienone is 2. The zero-order valence-electron chi connectivity index (χ0n) is 37.1. The lowest BCUT2D eigenvalue weighted by Crippen LogP contribution is -2.55. The zero-order valence-corrected chi connectivity index (χ0v) is 38.0. The Labute approximate surface area is 368 Å². The zero-order chi connectivity index (χ0) is 45.9. The minimum absolute atomic E-state index is 0.0308. The summed E-state index contributed by atoms with van der Waals surface area (Å²) < 4.78 is 34.6. The first-order chi connectivity index (χ1) is 29.6. The lowest BCUT2D eigenvalue weighted by atomic mass is 9.82. The highest BCUT2D eigenvalue weighted by Gasteiger charge is 2.49. The molecule has 2 fully saturated rings. The fourth-order valence-electron chi connectivity index (χ4n) is 7.80. The topological polar surface area (TPSA) is 267 Å². The molecule has 1 saturated heterocycles. The van der Waals surface area contributed by atoms with Crippen molar-refractivity contribution in [1.29, 1.82) is 0 Å². The molecule has 0 aromatic heterocycles. The fourth-order valence-corrected chi connectivity index (χ4v) is 8.77. The number of unbranched alkanes of at least 4 members (excludes halogenated alkanes) is 11. The van der Waals surface area contributed by atoms with Crippen molar-refractivity contribution in [3.63, 3.8) is 0 Å². The average Bonchev–Trinajstić information content (AvgIpc) is 3.23. The van der Waals surface area contributed by atoms with Gasteiger partial charge >= 0.3 is 19.8 Å². The molecule has 16 nitrogen and oxygen atoms in total. The maximum atomic E-state index is 13.7. The fraction of sp³-hybridized carbons (Fsp3) is 0.844. The van der Waals surface area contributed by atoms with E-state index in [1.54, 1.807) is 0 Å². The third-order valence-electron chi connectivity index (χ3n) is 11.7. The molecule has 17 heteroatoms. The maximum absolute atomic E-state index is 13.7. The van der Waals surface area contributed by atoms with Gasteiger partial charge in [0.25, 0.3) is 0 Å². The number of hydrogen-bond donors (Lipinski definition) is 8. The number of rotatable bonds is 21. The SMILES string of the molecule is CCCCCC/C=C\CCCCCCCC(=O)OC[C@@H]1COP(=O)(O)O[C@H]2[C@H](O)[C@@H](O)[C@H](O)[C@@H](CCCCCCC(=O)O1)[C@@H](O)CC(=O)[C@H](/C=C/[C@@H](O)CCCCC)[C@@H](O)[C@H]2O. The van der Waals surface area contributed by atoms with Gasteiger partial charge in [0.1, 0.15) is 36.8 Å². The van der Waals surface area contributed by atoms with Crippen molar-refractivity contribution in [1.82, 2.24) is 0 Å². The molecule has 0 amide bonds. The molecule has 1 heterocycles. The molecule has 1 saturated carbocycles. The van der Waals surface area contributed by atoms with E-state index in [0.29, 0.717) is 44.9 Å². The molecule has 1 unspecified atom stereocenters. The van der Waals surface area contributed by atoms with Crippen LogP contribution in [0.3, 0.4) is 0 Å². The van der Waals surface area contributed by atoms with Crippen molar-refractivity contribution in [3.8, 4) is 0 Å². The summed E-state index contributed by atoms with van der Waals surface area (Å²) in [6.45, 7) is 2.79. The van der Waals surface area contributed by atoms with Crippen LogP contribution < -0.4 is 0 Å². The largest absolute Gasteiger partial charge is 0.472 e. The van der Waals surface area contributed by atoms with Gasteiger partial charge in [-0.1, -0.05) is 115 Å². The van der Waals surface area contributed by atoms with Crippen LogP contribution in [-0.2, 0) is 37.5 Å². The number of ketones is 1. The van der Waals surface area contributed by atoms with Crippen LogP contribution in [0, 0.1) is 11.8 Å². The molecule has 0 aromatic rings. The van der Waals surface area contributed by atoms with E-state index in [0.717, 1.165) is 57.4 Å². The number of aliphatic hydroxyl groups is 7. The van der Waals surface area contributed by atoms with E-state index in [2.05, 4.69) is 19.1 Å². The van der Waals surface area contributed by atoms with Crippen LogP contribution in [0.5, 0.6) is 0 Å². The third-order valence-corrected chi connectivity index (χ3v) is 12.7. The number of hydrogen-bond acceptors (Lipinski definition) is 15. The van der Waals surface area contributed by atoms with Crippen molar-refractivity contribution < 1.29 is 78.1 Å². The number of fused-ring (bicyclic) bond motifs is 4. The average molecular weight is 907 g/mol. The number of carbonyl (C=O) groups excluding carboxylic acids is 3. The standard InChI is InChI=1S/C45H79O16P/c1-3-5-7-8-9-10-11-12-13-14-15-16-21-25-38(49)58-30-33-31-59-62(56,57)61-45-43(54)41(52)35(28-27-32(46)23-19-6-4-2)37(48)29-36(47)34(40(51)42(53)44(45)55)24-20-17-18-22-26-39(50)60-33/h10-11,27-28,32-36,40-47,51-55H,3-9,12-26,29-31H2,1-2H3,(H,56,57)/b11-10-,28-27+/t32-,33+,34-,35-,36-,40+,41+,42-,43+,44+,45+/m0/s1. The van der Waals surface area contributed by atoms with E-state index in [-0.39, 0.29) is 19.3 Å². The Bertz CT molecular complexity index is 1360. The Balaban J connectivity index is 2.20. The van der Waals surface area contributed by atoms with Crippen LogP contribution in [0.1, 0.15) is 162 Å². The number of carbonyl (C=O) groups is 3. The van der Waals surface area contributed by atoms with Crippen LogP contribution in [0.25, 0.3) is 0 Å². The maximum Gasteiger partial charge on any atom is 0.472 e. The molecule has 2 bridgehead atoms. The van der Waals surface area contributed by atoms with Crippen LogP contribution in [0.2, 0.25) is 0 Å². The van der Waals surface area contributed by atoms with E-state index in [1.807, 2.05) is 6.92 Å². The minimum Gasteiger partial charge on any atom is -0.462 e. The van der Waals surface area contributed by atoms with Crippen LogP contribution in [0.15, 0.2) is 24.3 Å². The summed E-state index contributed by atoms with van der Waals surface area (Å²) in [4.78, 5) is 50.0. The summed E-state index contributed by atoms with van der Waals surface area (Å²) in [6.07, 6.45) is 4.66. The van der Waals surface area contributed by atoms with Crippen LogP contribution in [-0.4, -0.2) is 127 Å². The van der Waals surface area contributed by atoms with Gasteiger partial charge in [0.2, 0.25) is 0 Å². The number of esters is 2. The summed E-state index contributed by atoms with van der Waals surface area (Å²) in [5.41, 5.74) is 0. The predicted octanol–water partition coefficient (Wildman–Crippen LogP) is 5.42. The molecule has 62 heavy (non-hydrogen) atoms. The van der Waals surface area contributed by atoms with Crippen LogP contribution in [0.4, 0.5) is 0 Å². The molecule has 0 aromatic carbocycles. The molecule has 1 aliphatic heterocycles. The van der Waals surface area contributed by atoms with Gasteiger partial charge in [0.15, 0.2) is 6.10 Å². The molecular formula is C45H79O16P. The van der Waals surface area contributed by atoms with Gasteiger partial charge in [-0.25, -0.2) is 4.57 Å². The van der Waals surface area contributed by atoms with Gasteiger partial charge in [0, 0.05) is 25.2 Å². The van der Waals surface area contributed by atoms with E-state index in [9.17, 15) is 59.6 Å². The molecular weight excluding hydrogens is 827 g/mol. The van der Waals surface area contributed by atoms with Gasteiger partial charge in [-0.15, -0.1) is 0 Å². The molecule has 360 valence electrons. The van der Waals surface area contributed by atoms with E-state index >= 15 is 0 Å². The molecule has 0 radical (unpaired) electrons. The second kappa shape index (κ2) is 31.7. The van der Waals surface area contributed by atoms with E-state index in [1.165, 1.54) is 31.8 Å². The summed E-state index contributed by atoms with van der Waals surface area (Å²) in [7, 11) is -5.44. The first-order valence-corrected chi connectivity index (χ1v) is 24.7. The monoisotopic (exact) mass is 907 g/mol. The Morgan fingerprint density at radius 1 is 0.790 bits per heavy atom. The smallest absolute Gasteiger partial charge is 0.462 e. The minimum atomic E-state index is -5.44. The van der Waals surface area contributed by atoms with Crippen molar-refractivity contribution in [2.45, 2.75) is 216 Å². The molecule has 2 rings (SSSR count). The number of Topliss-reactive ketones (excluding diaryl/α,β-unsaturated/α-hetero) is 1. The highest BCUT2D eigenvalue weighted by molar-refractivity contribution is 7.47. The molecule has 8 N–H and O–H groups in total. The Morgan fingerprint density at radius 2 is 1.40 bits per heavy atom. The Hall–Kier alpha value is -2.08.